The highest BCUT2D eigenvalue weighted by atomic mass is 32.1. The van der Waals surface area contributed by atoms with Crippen LogP contribution in [0.1, 0.15) is 38.0 Å². The number of rotatable bonds is 1. The van der Waals surface area contributed by atoms with E-state index < -0.39 is 0 Å². The van der Waals surface area contributed by atoms with Crippen LogP contribution in [0.2, 0.25) is 0 Å². The Bertz CT molecular complexity index is 252. The van der Waals surface area contributed by atoms with Crippen molar-refractivity contribution in [2.45, 2.75) is 40.0 Å². The Balaban J connectivity index is 0.000000461. The second kappa shape index (κ2) is 6.02. The summed E-state index contributed by atoms with van der Waals surface area (Å²) in [4.78, 5) is 8.10. The number of nitrogens with zero attached hydrogens (tertiary/aromatic N) is 2. The van der Waals surface area contributed by atoms with Crippen LogP contribution in [0.4, 0.5) is 5.13 Å². The fraction of sp³-hybridized carbons (Fsp3) is 0.727. The Morgan fingerprint density at radius 3 is 2.36 bits per heavy atom. The molecule has 0 unspecified atom stereocenters. The molecule has 0 spiro atoms. The Kier molecular flexibility index (Phi) is 4.94. The smallest absolute Gasteiger partial charge is 0.185 e. The zero-order valence-electron chi connectivity index (χ0n) is 9.42. The summed E-state index contributed by atoms with van der Waals surface area (Å²) >= 11 is 1.81. The fourth-order valence-electron chi connectivity index (χ4n) is 1.57. The fourth-order valence-corrected chi connectivity index (χ4v) is 2.38. The maximum absolute atomic E-state index is 4.38. The molecule has 14 heavy (non-hydrogen) atoms. The van der Waals surface area contributed by atoms with Gasteiger partial charge in [0.25, 0.3) is 0 Å². The quantitative estimate of drug-likeness (QED) is 0.708. The first-order valence-corrected chi connectivity index (χ1v) is 6.35. The summed E-state index contributed by atoms with van der Waals surface area (Å²) in [5.74, 6) is 0. The van der Waals surface area contributed by atoms with Gasteiger partial charge >= 0.3 is 0 Å². The summed E-state index contributed by atoms with van der Waals surface area (Å²) in [5, 5.41) is 1.22. The number of piperidine rings is 1. The van der Waals surface area contributed by atoms with Crippen LogP contribution >= 0.6 is 11.3 Å². The van der Waals surface area contributed by atoms with E-state index >= 15 is 0 Å². The molecule has 1 aromatic heterocycles. The van der Waals surface area contributed by atoms with Crippen molar-refractivity contribution in [1.29, 1.82) is 0 Å². The molecule has 1 fully saturated rings. The predicted molar refractivity (Wildman–Crippen MR) is 64.3 cm³/mol. The topological polar surface area (TPSA) is 16.1 Å². The molecule has 1 saturated heterocycles. The third-order valence-corrected chi connectivity index (χ3v) is 3.21. The Hall–Kier alpha value is -0.570. The van der Waals surface area contributed by atoms with Crippen LogP contribution in [0.25, 0.3) is 0 Å². The first-order valence-electron chi connectivity index (χ1n) is 5.53. The molecule has 0 saturated carbocycles. The molecule has 0 aliphatic carbocycles. The predicted octanol–water partition coefficient (Wildman–Crippen LogP) is 3.47. The number of hydrogen-bond donors (Lipinski definition) is 0. The molecular weight excluding hydrogens is 192 g/mol. The van der Waals surface area contributed by atoms with Crippen LogP contribution in [0.15, 0.2) is 6.20 Å². The molecule has 2 nitrogen and oxygen atoms in total. The van der Waals surface area contributed by atoms with Crippen molar-refractivity contribution in [2.24, 2.45) is 0 Å². The van der Waals surface area contributed by atoms with Gasteiger partial charge < -0.3 is 4.90 Å². The average molecular weight is 212 g/mol. The maximum atomic E-state index is 4.38. The average Bonchev–Trinajstić information content (AvgIpc) is 2.69. The molecular formula is C11H20N2S. The molecule has 80 valence electrons. The van der Waals surface area contributed by atoms with Crippen LogP contribution < -0.4 is 4.90 Å². The van der Waals surface area contributed by atoms with Gasteiger partial charge in [0.05, 0.1) is 0 Å². The first-order chi connectivity index (χ1) is 6.86. The van der Waals surface area contributed by atoms with Crippen LogP contribution in [0, 0.1) is 6.92 Å². The van der Waals surface area contributed by atoms with Gasteiger partial charge in [0.1, 0.15) is 0 Å². The minimum atomic E-state index is 1.20. The second-order valence-electron chi connectivity index (χ2n) is 3.30. The molecule has 1 aromatic rings. The van der Waals surface area contributed by atoms with Crippen LogP contribution in [0.5, 0.6) is 0 Å². The summed E-state index contributed by atoms with van der Waals surface area (Å²) in [6.07, 6.45) is 6.02. The van der Waals surface area contributed by atoms with Gasteiger partial charge in [0.2, 0.25) is 0 Å². The second-order valence-corrected chi connectivity index (χ2v) is 4.51. The first kappa shape index (κ1) is 11.5. The van der Waals surface area contributed by atoms with Crippen molar-refractivity contribution < 1.29 is 0 Å². The van der Waals surface area contributed by atoms with Crippen molar-refractivity contribution >= 4 is 16.5 Å². The van der Waals surface area contributed by atoms with E-state index in [0.717, 1.165) is 0 Å². The van der Waals surface area contributed by atoms with Crippen molar-refractivity contribution in [2.75, 3.05) is 18.0 Å². The van der Waals surface area contributed by atoms with Gasteiger partial charge in [-0.3, -0.25) is 0 Å². The zero-order valence-corrected chi connectivity index (χ0v) is 10.2. The van der Waals surface area contributed by atoms with E-state index in [9.17, 15) is 0 Å². The number of aromatic nitrogens is 1. The largest absolute Gasteiger partial charge is 0.348 e. The lowest BCUT2D eigenvalue weighted by Gasteiger charge is -2.25. The van der Waals surface area contributed by atoms with Gasteiger partial charge in [-0.2, -0.15) is 0 Å². The molecule has 2 rings (SSSR count). The van der Waals surface area contributed by atoms with Crippen molar-refractivity contribution in [3.05, 3.63) is 11.1 Å². The highest BCUT2D eigenvalue weighted by molar-refractivity contribution is 7.15. The van der Waals surface area contributed by atoms with Gasteiger partial charge in [0, 0.05) is 24.2 Å². The number of aryl methyl sites for hydroxylation is 1. The molecule has 3 heteroatoms. The minimum Gasteiger partial charge on any atom is -0.348 e. The minimum absolute atomic E-state index is 1.20. The standard InChI is InChI=1S/C9H14N2S.C2H6/c1-8-7-10-9(12-8)11-5-3-2-4-6-11;1-2/h7H,2-6H2,1H3;1-2H3. The summed E-state index contributed by atoms with van der Waals surface area (Å²) in [7, 11) is 0. The lowest BCUT2D eigenvalue weighted by molar-refractivity contribution is 0.577. The van der Waals surface area contributed by atoms with Gasteiger partial charge in [-0.05, 0) is 26.2 Å². The van der Waals surface area contributed by atoms with Crippen LogP contribution in [-0.4, -0.2) is 18.1 Å². The monoisotopic (exact) mass is 212 g/mol. The van der Waals surface area contributed by atoms with E-state index in [2.05, 4.69) is 16.8 Å². The Morgan fingerprint density at radius 1 is 1.21 bits per heavy atom. The van der Waals surface area contributed by atoms with E-state index in [0.29, 0.717) is 0 Å². The van der Waals surface area contributed by atoms with E-state index in [1.54, 1.807) is 0 Å². The van der Waals surface area contributed by atoms with Crippen LogP contribution in [0.3, 0.4) is 0 Å². The van der Waals surface area contributed by atoms with E-state index in [-0.39, 0.29) is 0 Å². The molecule has 0 amide bonds. The molecule has 1 aliphatic heterocycles. The van der Waals surface area contributed by atoms with E-state index in [4.69, 9.17) is 0 Å². The Labute approximate surface area is 91.0 Å². The van der Waals surface area contributed by atoms with Gasteiger partial charge in [-0.15, -0.1) is 11.3 Å². The summed E-state index contributed by atoms with van der Waals surface area (Å²) < 4.78 is 0. The zero-order chi connectivity index (χ0) is 10.4. The van der Waals surface area contributed by atoms with Gasteiger partial charge in [-0.1, -0.05) is 13.8 Å². The van der Waals surface area contributed by atoms with Crippen LogP contribution in [-0.2, 0) is 0 Å². The number of anilines is 1. The molecule has 0 atom stereocenters. The lowest BCUT2D eigenvalue weighted by atomic mass is 10.1. The van der Waals surface area contributed by atoms with Gasteiger partial charge in [0.15, 0.2) is 5.13 Å². The third-order valence-electron chi connectivity index (χ3n) is 2.24. The molecule has 0 radical (unpaired) electrons. The maximum Gasteiger partial charge on any atom is 0.185 e. The molecule has 0 bridgehead atoms. The summed E-state index contributed by atoms with van der Waals surface area (Å²) in [6, 6.07) is 0. The molecule has 0 N–H and O–H groups in total. The molecule has 2 heterocycles. The van der Waals surface area contributed by atoms with Crippen molar-refractivity contribution in [3.8, 4) is 0 Å². The normalized spacial score (nSPS) is 16.1. The summed E-state index contributed by atoms with van der Waals surface area (Å²) in [6.45, 7) is 8.52. The molecule has 1 aliphatic rings. The van der Waals surface area contributed by atoms with E-state index in [1.807, 2.05) is 31.4 Å². The highest BCUT2D eigenvalue weighted by Crippen LogP contribution is 2.24. The number of hydrogen-bond acceptors (Lipinski definition) is 3. The third kappa shape index (κ3) is 2.98. The summed E-state index contributed by atoms with van der Waals surface area (Å²) in [5.41, 5.74) is 0. The SMILES string of the molecule is CC.Cc1cnc(N2CCCCC2)s1. The Morgan fingerprint density at radius 2 is 1.86 bits per heavy atom. The molecule has 0 aromatic carbocycles. The highest BCUT2D eigenvalue weighted by Gasteiger charge is 2.12. The van der Waals surface area contributed by atoms with Crippen molar-refractivity contribution in [1.82, 2.24) is 4.98 Å². The number of thiazole rings is 1. The van der Waals surface area contributed by atoms with Crippen molar-refractivity contribution in [3.63, 3.8) is 0 Å². The van der Waals surface area contributed by atoms with E-state index in [1.165, 1.54) is 42.4 Å². The lowest BCUT2D eigenvalue weighted by Crippen LogP contribution is -2.29. The van der Waals surface area contributed by atoms with Gasteiger partial charge in [-0.25, -0.2) is 4.98 Å².